The zero-order chi connectivity index (χ0) is 15.6. The number of amides is 1. The third-order valence-corrected chi connectivity index (χ3v) is 3.01. The van der Waals surface area contributed by atoms with Crippen LogP contribution in [0.2, 0.25) is 0 Å². The summed E-state index contributed by atoms with van der Waals surface area (Å²) in [7, 11) is 0. The van der Waals surface area contributed by atoms with Crippen molar-refractivity contribution >= 4 is 5.91 Å². The van der Waals surface area contributed by atoms with Gasteiger partial charge in [0.1, 0.15) is 0 Å². The predicted octanol–water partition coefficient (Wildman–Crippen LogP) is 1.93. The van der Waals surface area contributed by atoms with E-state index in [-0.39, 0.29) is 12.8 Å². The maximum Gasteiger partial charge on any atom is 0.393 e. The SMILES string of the molecule is O=C(NCC(F)(F)C(F)F)C1CCC(C(F)(F)F)CN1. The normalized spacial score (nSPS) is 24.8. The van der Waals surface area contributed by atoms with Crippen LogP contribution in [-0.4, -0.2) is 43.6 Å². The molecule has 0 aliphatic carbocycles. The number of nitrogens with one attached hydrogen (secondary N) is 2. The first-order valence-electron chi connectivity index (χ1n) is 5.78. The molecule has 2 unspecified atom stereocenters. The highest BCUT2D eigenvalue weighted by molar-refractivity contribution is 5.81. The number of carbonyl (C=O) groups is 1. The molecule has 3 nitrogen and oxygen atoms in total. The van der Waals surface area contributed by atoms with E-state index in [0.29, 0.717) is 0 Å². The molecule has 1 rings (SSSR count). The minimum atomic E-state index is -4.39. The molecular formula is C10H13F7N2O. The summed E-state index contributed by atoms with van der Waals surface area (Å²) in [4.78, 5) is 11.4. The summed E-state index contributed by atoms with van der Waals surface area (Å²) in [5, 5.41) is 3.89. The zero-order valence-corrected chi connectivity index (χ0v) is 10.1. The van der Waals surface area contributed by atoms with Gasteiger partial charge in [0.25, 0.3) is 0 Å². The van der Waals surface area contributed by atoms with Crippen LogP contribution in [0.4, 0.5) is 30.7 Å². The summed E-state index contributed by atoms with van der Waals surface area (Å²) >= 11 is 0. The van der Waals surface area contributed by atoms with E-state index in [9.17, 15) is 35.5 Å². The van der Waals surface area contributed by atoms with Crippen molar-refractivity contribution in [3.63, 3.8) is 0 Å². The largest absolute Gasteiger partial charge is 0.393 e. The second kappa shape index (κ2) is 6.15. The van der Waals surface area contributed by atoms with Crippen molar-refractivity contribution in [3.05, 3.63) is 0 Å². The van der Waals surface area contributed by atoms with E-state index in [4.69, 9.17) is 0 Å². The molecule has 0 bridgehead atoms. The number of hydrogen-bond donors (Lipinski definition) is 2. The fraction of sp³-hybridized carbons (Fsp3) is 0.900. The van der Waals surface area contributed by atoms with Crippen molar-refractivity contribution in [2.75, 3.05) is 13.1 Å². The van der Waals surface area contributed by atoms with E-state index in [2.05, 4.69) is 5.32 Å². The summed E-state index contributed by atoms with van der Waals surface area (Å²) in [6.45, 7) is -2.06. The molecule has 1 saturated heterocycles. The summed E-state index contributed by atoms with van der Waals surface area (Å²) < 4.78 is 85.8. The maximum absolute atomic E-state index is 12.6. The number of hydrogen-bond acceptors (Lipinski definition) is 2. The molecule has 2 atom stereocenters. The molecular weight excluding hydrogens is 297 g/mol. The first-order chi connectivity index (χ1) is 9.04. The molecule has 1 aliphatic rings. The molecule has 0 radical (unpaired) electrons. The Hall–Kier alpha value is -1.06. The minimum Gasteiger partial charge on any atom is -0.348 e. The Kier molecular flexibility index (Phi) is 5.22. The highest BCUT2D eigenvalue weighted by Gasteiger charge is 2.44. The van der Waals surface area contributed by atoms with Gasteiger partial charge in [-0.25, -0.2) is 8.78 Å². The number of rotatable bonds is 4. The topological polar surface area (TPSA) is 41.1 Å². The lowest BCUT2D eigenvalue weighted by molar-refractivity contribution is -0.180. The standard InChI is InChI=1S/C10H13F7N2O/c11-8(12)9(13,14)4-19-7(20)6-2-1-5(3-18-6)10(15,16)17/h5-6,8,18H,1-4H2,(H,19,20). The Balaban J connectivity index is 2.40. The van der Waals surface area contributed by atoms with Crippen LogP contribution in [0.3, 0.4) is 0 Å². The van der Waals surface area contributed by atoms with Crippen molar-refractivity contribution in [3.8, 4) is 0 Å². The van der Waals surface area contributed by atoms with Gasteiger partial charge in [-0.2, -0.15) is 22.0 Å². The van der Waals surface area contributed by atoms with Gasteiger partial charge in [-0.05, 0) is 12.8 Å². The molecule has 118 valence electrons. The average molecular weight is 310 g/mol. The highest BCUT2D eigenvalue weighted by Crippen LogP contribution is 2.32. The van der Waals surface area contributed by atoms with Crippen LogP contribution in [0, 0.1) is 5.92 Å². The Bertz CT molecular complexity index is 337. The molecule has 0 saturated carbocycles. The molecule has 1 fully saturated rings. The predicted molar refractivity (Wildman–Crippen MR) is 54.5 cm³/mol. The van der Waals surface area contributed by atoms with E-state index in [1.165, 1.54) is 0 Å². The van der Waals surface area contributed by atoms with Crippen molar-refractivity contribution in [1.82, 2.24) is 10.6 Å². The number of piperidine rings is 1. The van der Waals surface area contributed by atoms with Crippen LogP contribution in [0.25, 0.3) is 0 Å². The summed E-state index contributed by atoms with van der Waals surface area (Å²) in [6.07, 6.45) is -8.83. The Morgan fingerprint density at radius 1 is 1.20 bits per heavy atom. The first kappa shape index (κ1) is 17.0. The molecule has 0 aromatic rings. The summed E-state index contributed by atoms with van der Waals surface area (Å²) in [5.41, 5.74) is 0. The second-order valence-corrected chi connectivity index (χ2v) is 4.56. The van der Waals surface area contributed by atoms with Gasteiger partial charge < -0.3 is 10.6 Å². The molecule has 0 aromatic heterocycles. The average Bonchev–Trinajstić information content (AvgIpc) is 2.35. The van der Waals surface area contributed by atoms with Gasteiger partial charge in [-0.15, -0.1) is 0 Å². The fourth-order valence-electron chi connectivity index (χ4n) is 1.76. The highest BCUT2D eigenvalue weighted by atomic mass is 19.4. The molecule has 10 heteroatoms. The second-order valence-electron chi connectivity index (χ2n) is 4.56. The molecule has 1 heterocycles. The van der Waals surface area contributed by atoms with Crippen molar-refractivity contribution in [2.45, 2.75) is 37.4 Å². The minimum absolute atomic E-state index is 0.198. The smallest absolute Gasteiger partial charge is 0.348 e. The molecule has 2 N–H and O–H groups in total. The molecule has 0 spiro atoms. The molecule has 1 aliphatic heterocycles. The van der Waals surface area contributed by atoms with E-state index in [1.807, 2.05) is 0 Å². The van der Waals surface area contributed by atoms with Crippen molar-refractivity contribution in [2.24, 2.45) is 5.92 Å². The van der Waals surface area contributed by atoms with Gasteiger partial charge in [-0.1, -0.05) is 0 Å². The fourth-order valence-corrected chi connectivity index (χ4v) is 1.76. The van der Waals surface area contributed by atoms with Crippen LogP contribution in [-0.2, 0) is 4.79 Å². The van der Waals surface area contributed by atoms with Gasteiger partial charge in [0.15, 0.2) is 0 Å². The van der Waals surface area contributed by atoms with Gasteiger partial charge >= 0.3 is 18.5 Å². The van der Waals surface area contributed by atoms with Gasteiger partial charge in [0, 0.05) is 6.54 Å². The summed E-state index contributed by atoms with van der Waals surface area (Å²) in [5.74, 6) is -6.97. The Morgan fingerprint density at radius 3 is 2.20 bits per heavy atom. The molecule has 0 aromatic carbocycles. The van der Waals surface area contributed by atoms with E-state index < -0.39 is 49.5 Å². The monoisotopic (exact) mass is 310 g/mol. The van der Waals surface area contributed by atoms with Crippen molar-refractivity contribution < 1.29 is 35.5 Å². The maximum atomic E-state index is 12.6. The Morgan fingerprint density at radius 2 is 1.80 bits per heavy atom. The third-order valence-electron chi connectivity index (χ3n) is 3.01. The number of carbonyl (C=O) groups excluding carboxylic acids is 1. The summed E-state index contributed by atoms with van der Waals surface area (Å²) in [6, 6.07) is -1.08. The third kappa shape index (κ3) is 4.50. The van der Waals surface area contributed by atoms with Crippen LogP contribution in [0.5, 0.6) is 0 Å². The van der Waals surface area contributed by atoms with E-state index in [0.717, 1.165) is 0 Å². The zero-order valence-electron chi connectivity index (χ0n) is 10.1. The molecule has 1 amide bonds. The lowest BCUT2D eigenvalue weighted by Crippen LogP contribution is -2.53. The van der Waals surface area contributed by atoms with Crippen LogP contribution >= 0.6 is 0 Å². The number of alkyl halides is 7. The Labute approximate surface area is 109 Å². The van der Waals surface area contributed by atoms with Crippen molar-refractivity contribution in [1.29, 1.82) is 0 Å². The van der Waals surface area contributed by atoms with E-state index in [1.54, 1.807) is 5.32 Å². The number of halogens is 7. The van der Waals surface area contributed by atoms with Crippen LogP contribution in [0.15, 0.2) is 0 Å². The first-order valence-corrected chi connectivity index (χ1v) is 5.78. The molecule has 20 heavy (non-hydrogen) atoms. The van der Waals surface area contributed by atoms with Gasteiger partial charge in [-0.3, -0.25) is 4.79 Å². The quantitative estimate of drug-likeness (QED) is 0.779. The lowest BCUT2D eigenvalue weighted by atomic mass is 9.94. The van der Waals surface area contributed by atoms with E-state index >= 15 is 0 Å². The lowest BCUT2D eigenvalue weighted by Gasteiger charge is -2.30. The van der Waals surface area contributed by atoms with Gasteiger partial charge in [0.05, 0.1) is 18.5 Å². The van der Waals surface area contributed by atoms with Crippen LogP contribution in [0.1, 0.15) is 12.8 Å². The van der Waals surface area contributed by atoms with Gasteiger partial charge in [0.2, 0.25) is 5.91 Å². The van der Waals surface area contributed by atoms with Crippen LogP contribution < -0.4 is 10.6 Å².